The zero-order valence-electron chi connectivity index (χ0n) is 31.1. The quantitative estimate of drug-likeness (QED) is 0.0818. The van der Waals surface area contributed by atoms with E-state index in [0.717, 1.165) is 6.92 Å². The number of aliphatic hydroxyl groups is 15. The van der Waals surface area contributed by atoms with Crippen molar-refractivity contribution in [1.82, 2.24) is 5.32 Å². The van der Waals surface area contributed by atoms with E-state index in [0.29, 0.717) is 0 Å². The molecule has 5 fully saturated rings. The van der Waals surface area contributed by atoms with E-state index in [1.165, 1.54) is 6.92 Å². The minimum atomic E-state index is -2.12. The van der Waals surface area contributed by atoms with Crippen molar-refractivity contribution in [2.75, 3.05) is 26.4 Å². The maximum absolute atomic E-state index is 12.8. The van der Waals surface area contributed by atoms with Crippen molar-refractivity contribution in [2.24, 2.45) is 0 Å². The number of nitrogens with one attached hydrogen (secondary N) is 1. The number of hydrogen-bond acceptors (Lipinski definition) is 25. The average Bonchev–Trinajstić information content (AvgIpc) is 3.19. The van der Waals surface area contributed by atoms with Crippen molar-refractivity contribution in [3.8, 4) is 0 Å². The van der Waals surface area contributed by atoms with Gasteiger partial charge < -0.3 is 125 Å². The van der Waals surface area contributed by atoms with Crippen LogP contribution in [0.5, 0.6) is 0 Å². The first-order valence-corrected chi connectivity index (χ1v) is 18.5. The van der Waals surface area contributed by atoms with Gasteiger partial charge in [-0.25, -0.2) is 0 Å². The zero-order chi connectivity index (χ0) is 42.9. The molecule has 5 saturated heterocycles. The van der Waals surface area contributed by atoms with Crippen LogP contribution in [-0.4, -0.2) is 262 Å². The predicted molar refractivity (Wildman–Crippen MR) is 177 cm³/mol. The molecule has 0 aromatic heterocycles. The summed E-state index contributed by atoms with van der Waals surface area (Å²) in [7, 11) is 0. The van der Waals surface area contributed by atoms with E-state index in [4.69, 9.17) is 42.6 Å². The zero-order valence-corrected chi connectivity index (χ0v) is 31.1. The van der Waals surface area contributed by atoms with Crippen LogP contribution < -0.4 is 5.32 Å². The Bertz CT molecular complexity index is 1300. The molecule has 0 spiro atoms. The number of rotatable bonds is 13. The molecule has 16 N–H and O–H groups in total. The molecular weight excluding hydrogens is 798 g/mol. The molecule has 0 saturated carbocycles. The van der Waals surface area contributed by atoms with Crippen LogP contribution >= 0.6 is 0 Å². The van der Waals surface area contributed by atoms with Gasteiger partial charge in [-0.3, -0.25) is 4.79 Å². The van der Waals surface area contributed by atoms with E-state index in [-0.39, 0.29) is 0 Å². The number of hydrogen-bond donors (Lipinski definition) is 16. The van der Waals surface area contributed by atoms with Crippen molar-refractivity contribution in [1.29, 1.82) is 0 Å². The van der Waals surface area contributed by atoms with Gasteiger partial charge in [-0.1, -0.05) is 0 Å². The summed E-state index contributed by atoms with van der Waals surface area (Å²) >= 11 is 0. The van der Waals surface area contributed by atoms with Gasteiger partial charge in [0.05, 0.1) is 32.5 Å². The maximum Gasteiger partial charge on any atom is 0.217 e. The molecule has 0 aromatic rings. The van der Waals surface area contributed by atoms with Crippen molar-refractivity contribution >= 4 is 5.91 Å². The Kier molecular flexibility index (Phi) is 16.5. The molecule has 0 aliphatic carbocycles. The summed E-state index contributed by atoms with van der Waals surface area (Å²) < 4.78 is 51.4. The molecule has 5 aliphatic heterocycles. The molecular formula is C32H55NO25. The van der Waals surface area contributed by atoms with Gasteiger partial charge >= 0.3 is 0 Å². The molecule has 25 atom stereocenters. The second kappa shape index (κ2) is 20.1. The molecule has 26 heteroatoms. The third-order valence-electron chi connectivity index (χ3n) is 10.7. The van der Waals surface area contributed by atoms with E-state index in [9.17, 15) is 81.4 Å². The molecule has 1 unspecified atom stereocenters. The average molecular weight is 854 g/mol. The molecule has 0 radical (unpaired) electrons. The summed E-state index contributed by atoms with van der Waals surface area (Å²) in [4.78, 5) is 12.8. The first kappa shape index (κ1) is 47.6. The molecule has 58 heavy (non-hydrogen) atoms. The fraction of sp³-hybridized carbons (Fsp3) is 0.969. The van der Waals surface area contributed by atoms with Gasteiger partial charge in [-0.15, -0.1) is 0 Å². The van der Waals surface area contributed by atoms with Crippen LogP contribution in [0, 0.1) is 0 Å². The topological polar surface area (TPSA) is 416 Å². The molecule has 5 aliphatic rings. The van der Waals surface area contributed by atoms with Crippen molar-refractivity contribution < 1.29 is 124 Å². The van der Waals surface area contributed by atoms with Crippen LogP contribution in [0.1, 0.15) is 13.8 Å². The van der Waals surface area contributed by atoms with Gasteiger partial charge in [0.1, 0.15) is 116 Å². The lowest BCUT2D eigenvalue weighted by Crippen LogP contribution is -2.71. The number of carbonyl (C=O) groups is 1. The summed E-state index contributed by atoms with van der Waals surface area (Å²) in [6.45, 7) is -1.37. The summed E-state index contributed by atoms with van der Waals surface area (Å²) in [5.41, 5.74) is 0. The lowest BCUT2D eigenvalue weighted by molar-refractivity contribution is -0.391. The van der Waals surface area contributed by atoms with Gasteiger partial charge in [0, 0.05) is 6.92 Å². The van der Waals surface area contributed by atoms with Gasteiger partial charge in [-0.2, -0.15) is 0 Å². The van der Waals surface area contributed by atoms with Gasteiger partial charge in [-0.05, 0) is 6.92 Å². The number of ether oxygens (including phenoxy) is 9. The molecule has 5 heterocycles. The van der Waals surface area contributed by atoms with Gasteiger partial charge in [0.15, 0.2) is 31.5 Å². The highest BCUT2D eigenvalue weighted by Crippen LogP contribution is 2.36. The summed E-state index contributed by atoms with van der Waals surface area (Å²) in [6, 6.07) is -1.75. The second-order valence-electron chi connectivity index (χ2n) is 14.7. The van der Waals surface area contributed by atoms with Crippen LogP contribution in [-0.2, 0) is 47.4 Å². The van der Waals surface area contributed by atoms with Crippen LogP contribution in [0.2, 0.25) is 0 Å². The minimum Gasteiger partial charge on any atom is -0.394 e. The Hall–Kier alpha value is -1.49. The van der Waals surface area contributed by atoms with Gasteiger partial charge in [0.25, 0.3) is 0 Å². The molecule has 0 bridgehead atoms. The monoisotopic (exact) mass is 853 g/mol. The lowest BCUT2D eigenvalue weighted by Gasteiger charge is -2.51. The summed E-state index contributed by atoms with van der Waals surface area (Å²) in [6.07, 6.45) is -43.6. The summed E-state index contributed by atoms with van der Waals surface area (Å²) in [5.74, 6) is -0.837. The van der Waals surface area contributed by atoms with Crippen molar-refractivity contribution in [2.45, 2.75) is 167 Å². The third kappa shape index (κ3) is 9.75. The molecule has 5 rings (SSSR count). The SMILES string of the molecule is CC(=O)N[C@H]1[C@H](O[C@H]2[C@@H](O)[C@@H](CO)O[C@@H](O[C@H]3[C@H](O)[C@@H](O)C(O)O[C@@H]3CO)[C@@H]2O)O[C@H](CO)[C@@H](O[C@@H]2O[C@@H](C)[C@@H](O)[C@@H](O)[C@@H]2O)[C@@H]1O[C@@H]1O[C@H](CO)[C@@H](O)[C@H](O)[C@H]1O. The fourth-order valence-corrected chi connectivity index (χ4v) is 7.37. The van der Waals surface area contributed by atoms with Crippen molar-refractivity contribution in [3.63, 3.8) is 0 Å². The Balaban J connectivity index is 1.50. The van der Waals surface area contributed by atoms with Crippen molar-refractivity contribution in [3.05, 3.63) is 0 Å². The first-order chi connectivity index (χ1) is 27.4. The second-order valence-corrected chi connectivity index (χ2v) is 14.7. The van der Waals surface area contributed by atoms with E-state index in [2.05, 4.69) is 5.32 Å². The Labute approximate surface area is 329 Å². The standard InChI is InChI=1S/C32H55NO25/c1-7-14(39)17(42)21(46)30(50-7)56-25-12(6-37)54-29(13(33-8(2)38)26(25)57-31-22(47)18(43)15(40)9(3-34)52-31)58-27-16(41)10(4-35)53-32(23(27)48)55-24-11(5-36)51-28(49)20(45)19(24)44/h7,9-32,34-37,39-49H,3-6H2,1-2H3,(H,33,38)/t7-,9+,10+,11+,12+,13+,14+,15+,16-,17+,18-,19+,20+,21-,22+,23+,24+,25+,26+,27-,28?,29-,30-,31-,32-/m0/s1. The maximum atomic E-state index is 12.8. The highest BCUT2D eigenvalue weighted by atomic mass is 16.8. The summed E-state index contributed by atoms with van der Waals surface area (Å²) in [5, 5.41) is 159. The fourth-order valence-electron chi connectivity index (χ4n) is 7.37. The first-order valence-electron chi connectivity index (χ1n) is 18.5. The Morgan fingerprint density at radius 2 is 0.897 bits per heavy atom. The molecule has 338 valence electrons. The Morgan fingerprint density at radius 3 is 1.47 bits per heavy atom. The lowest BCUT2D eigenvalue weighted by atomic mass is 9.93. The van der Waals surface area contributed by atoms with Crippen LogP contribution in [0.15, 0.2) is 0 Å². The smallest absolute Gasteiger partial charge is 0.217 e. The van der Waals surface area contributed by atoms with E-state index < -0.39 is 186 Å². The van der Waals surface area contributed by atoms with Crippen LogP contribution in [0.25, 0.3) is 0 Å². The number of aliphatic hydroxyl groups excluding tert-OH is 15. The van der Waals surface area contributed by atoms with E-state index in [1.54, 1.807) is 0 Å². The normalized spacial score (nSPS) is 51.6. The van der Waals surface area contributed by atoms with E-state index in [1.807, 2.05) is 0 Å². The molecule has 1 amide bonds. The largest absolute Gasteiger partial charge is 0.394 e. The molecule has 0 aromatic carbocycles. The Morgan fingerprint density at radius 1 is 0.448 bits per heavy atom. The predicted octanol–water partition coefficient (Wildman–Crippen LogP) is -10.8. The number of amides is 1. The number of carbonyl (C=O) groups excluding carboxylic acids is 1. The third-order valence-corrected chi connectivity index (χ3v) is 10.7. The van der Waals surface area contributed by atoms with Crippen LogP contribution in [0.4, 0.5) is 0 Å². The van der Waals surface area contributed by atoms with E-state index >= 15 is 0 Å². The highest BCUT2D eigenvalue weighted by molar-refractivity contribution is 5.73. The van der Waals surface area contributed by atoms with Crippen LogP contribution in [0.3, 0.4) is 0 Å². The van der Waals surface area contributed by atoms with Gasteiger partial charge in [0.2, 0.25) is 5.91 Å². The molecule has 26 nitrogen and oxygen atoms in total. The minimum absolute atomic E-state index is 0.837. The highest BCUT2D eigenvalue weighted by Gasteiger charge is 2.57.